The van der Waals surface area contributed by atoms with Gasteiger partial charge in [-0.05, 0) is 36.4 Å². The first-order chi connectivity index (χ1) is 14.4. The van der Waals surface area contributed by atoms with Gasteiger partial charge in [0.1, 0.15) is 29.0 Å². The molecule has 152 valence electrons. The Labute approximate surface area is 168 Å². The van der Waals surface area contributed by atoms with Crippen LogP contribution in [-0.2, 0) is 6.42 Å². The highest BCUT2D eigenvalue weighted by Gasteiger charge is 2.25. The fraction of sp³-hybridized carbons (Fsp3) is 0.0952. The van der Waals surface area contributed by atoms with Crippen LogP contribution < -0.4 is 4.74 Å². The molecule has 0 aliphatic heterocycles. The van der Waals surface area contributed by atoms with Crippen molar-refractivity contribution in [2.45, 2.75) is 6.42 Å². The molecule has 30 heavy (non-hydrogen) atoms. The van der Waals surface area contributed by atoms with Crippen LogP contribution in [0.2, 0.25) is 0 Å². The molecular weight excluding hydrogens is 399 g/mol. The van der Waals surface area contributed by atoms with Crippen LogP contribution in [0.4, 0.5) is 18.9 Å². The maximum Gasteiger partial charge on any atom is 0.300 e. The van der Waals surface area contributed by atoms with Crippen LogP contribution in [-0.4, -0.2) is 22.0 Å². The highest BCUT2D eigenvalue weighted by Crippen LogP contribution is 2.36. The molecule has 0 bridgehead atoms. The predicted octanol–water partition coefficient (Wildman–Crippen LogP) is 5.15. The van der Waals surface area contributed by atoms with Gasteiger partial charge in [0.25, 0.3) is 0 Å². The van der Waals surface area contributed by atoms with E-state index in [-0.39, 0.29) is 45.7 Å². The molecule has 4 rings (SSSR count). The molecule has 0 unspecified atom stereocenters. The van der Waals surface area contributed by atoms with Crippen molar-refractivity contribution >= 4 is 16.7 Å². The number of imidazole rings is 1. The molecule has 0 saturated carbocycles. The van der Waals surface area contributed by atoms with Crippen LogP contribution in [0.5, 0.6) is 5.75 Å². The molecule has 4 aromatic rings. The Morgan fingerprint density at radius 1 is 1.03 bits per heavy atom. The van der Waals surface area contributed by atoms with Crippen LogP contribution in [0.15, 0.2) is 48.5 Å². The number of nitro benzene ring substituents is 1. The molecular formula is C21H14F3N3O3. The fourth-order valence-corrected chi connectivity index (χ4v) is 3.36. The van der Waals surface area contributed by atoms with E-state index in [0.29, 0.717) is 0 Å². The molecule has 1 heterocycles. The summed E-state index contributed by atoms with van der Waals surface area (Å²) in [6, 6.07) is 10.5. The summed E-state index contributed by atoms with van der Waals surface area (Å²) in [6.45, 7) is 0. The van der Waals surface area contributed by atoms with E-state index >= 15 is 0 Å². The normalized spacial score (nSPS) is 11.1. The molecule has 0 amide bonds. The summed E-state index contributed by atoms with van der Waals surface area (Å²) < 4.78 is 47.7. The summed E-state index contributed by atoms with van der Waals surface area (Å²) in [5, 5.41) is 11.8. The molecule has 1 aromatic heterocycles. The number of ether oxygens (including phenoxy) is 1. The Morgan fingerprint density at radius 3 is 2.37 bits per heavy atom. The number of methoxy groups -OCH3 is 1. The lowest BCUT2D eigenvalue weighted by molar-refractivity contribution is -0.383. The van der Waals surface area contributed by atoms with Crippen molar-refractivity contribution < 1.29 is 22.8 Å². The van der Waals surface area contributed by atoms with Gasteiger partial charge in [-0.15, -0.1) is 0 Å². The summed E-state index contributed by atoms with van der Waals surface area (Å²) in [5.41, 5.74) is -0.365. The van der Waals surface area contributed by atoms with Gasteiger partial charge in [-0.2, -0.15) is 0 Å². The van der Waals surface area contributed by atoms with Gasteiger partial charge < -0.3 is 9.72 Å². The third-order valence-electron chi connectivity index (χ3n) is 4.76. The highest BCUT2D eigenvalue weighted by atomic mass is 19.1. The highest BCUT2D eigenvalue weighted by molar-refractivity contribution is 5.89. The third-order valence-corrected chi connectivity index (χ3v) is 4.76. The quantitative estimate of drug-likeness (QED) is 0.362. The maximum absolute atomic E-state index is 14.4. The molecule has 0 radical (unpaired) electrons. The number of hydrogen-bond acceptors (Lipinski definition) is 4. The Kier molecular flexibility index (Phi) is 4.86. The van der Waals surface area contributed by atoms with Crippen LogP contribution in [0.25, 0.3) is 22.4 Å². The number of nitrogens with one attached hydrogen (secondary N) is 1. The number of nitrogens with zero attached hydrogens (tertiary/aromatic N) is 2. The largest absolute Gasteiger partial charge is 0.496 e. The van der Waals surface area contributed by atoms with Gasteiger partial charge >= 0.3 is 5.69 Å². The lowest BCUT2D eigenvalue weighted by Crippen LogP contribution is -2.01. The van der Waals surface area contributed by atoms with Crippen molar-refractivity contribution in [3.05, 3.63) is 87.2 Å². The van der Waals surface area contributed by atoms with Gasteiger partial charge in [-0.25, -0.2) is 18.2 Å². The molecule has 0 atom stereocenters. The first-order valence-corrected chi connectivity index (χ1v) is 8.82. The molecule has 0 aliphatic carbocycles. The van der Waals surface area contributed by atoms with Crippen molar-refractivity contribution in [3.63, 3.8) is 0 Å². The summed E-state index contributed by atoms with van der Waals surface area (Å²) in [6.07, 6.45) is -0.337. The zero-order chi connectivity index (χ0) is 21.4. The van der Waals surface area contributed by atoms with E-state index in [1.165, 1.54) is 43.5 Å². The minimum absolute atomic E-state index is 0.0206. The van der Waals surface area contributed by atoms with Crippen LogP contribution >= 0.6 is 0 Å². The molecule has 0 aliphatic rings. The number of fused-ring (bicyclic) bond motifs is 1. The number of aromatic amines is 1. The second-order valence-electron chi connectivity index (χ2n) is 6.51. The minimum Gasteiger partial charge on any atom is -0.496 e. The van der Waals surface area contributed by atoms with Crippen LogP contribution in [0.3, 0.4) is 0 Å². The Bertz CT molecular complexity index is 1270. The summed E-state index contributed by atoms with van der Waals surface area (Å²) in [5.74, 6) is -1.99. The zero-order valence-electron chi connectivity index (χ0n) is 15.6. The van der Waals surface area contributed by atoms with Gasteiger partial charge in [0.15, 0.2) is 5.52 Å². The molecule has 3 aromatic carbocycles. The average molecular weight is 413 g/mol. The van der Waals surface area contributed by atoms with Gasteiger partial charge in [-0.3, -0.25) is 10.1 Å². The van der Waals surface area contributed by atoms with E-state index in [1.807, 2.05) is 0 Å². The number of halogens is 3. The predicted molar refractivity (Wildman–Crippen MR) is 104 cm³/mol. The average Bonchev–Trinajstić information content (AvgIpc) is 3.13. The third kappa shape index (κ3) is 3.24. The van der Waals surface area contributed by atoms with E-state index < -0.39 is 28.1 Å². The van der Waals surface area contributed by atoms with E-state index in [9.17, 15) is 23.3 Å². The van der Waals surface area contributed by atoms with Gasteiger partial charge in [0, 0.05) is 17.5 Å². The van der Waals surface area contributed by atoms with Crippen molar-refractivity contribution in [3.8, 4) is 17.1 Å². The lowest BCUT2D eigenvalue weighted by Gasteiger charge is -2.06. The van der Waals surface area contributed by atoms with Crippen molar-refractivity contribution in [1.82, 2.24) is 9.97 Å². The Hall–Kier alpha value is -3.88. The number of hydrogen-bond donors (Lipinski definition) is 1. The molecule has 0 saturated heterocycles. The molecule has 0 fully saturated rings. The van der Waals surface area contributed by atoms with E-state index in [2.05, 4.69) is 9.97 Å². The minimum atomic E-state index is -0.803. The first kappa shape index (κ1) is 19.4. The lowest BCUT2D eigenvalue weighted by atomic mass is 10.0. The molecule has 6 nitrogen and oxygen atoms in total. The fourth-order valence-electron chi connectivity index (χ4n) is 3.36. The number of nitro groups is 1. The van der Waals surface area contributed by atoms with Gasteiger partial charge in [-0.1, -0.05) is 12.1 Å². The van der Waals surface area contributed by atoms with Crippen LogP contribution in [0.1, 0.15) is 11.1 Å². The number of benzene rings is 3. The van der Waals surface area contributed by atoms with Crippen molar-refractivity contribution in [2.24, 2.45) is 0 Å². The first-order valence-electron chi connectivity index (χ1n) is 8.82. The molecule has 1 N–H and O–H groups in total. The van der Waals surface area contributed by atoms with Crippen LogP contribution in [0, 0.1) is 27.6 Å². The number of aromatic nitrogens is 2. The molecule has 0 spiro atoms. The summed E-state index contributed by atoms with van der Waals surface area (Å²) >= 11 is 0. The van der Waals surface area contributed by atoms with E-state index in [4.69, 9.17) is 4.74 Å². The standard InChI is InChI=1S/C21H14F3N3O3/c1-30-17-7-3-6-15(24)18(17)21-25-16-9-8-11(20(27(28)29)19(16)26-21)10-12-13(22)4-2-5-14(12)23/h2-9H,10H2,1H3,(H,25,26). The summed E-state index contributed by atoms with van der Waals surface area (Å²) in [7, 11) is 1.37. The topological polar surface area (TPSA) is 81.1 Å². The molecule has 9 heteroatoms. The zero-order valence-corrected chi connectivity index (χ0v) is 15.6. The Morgan fingerprint density at radius 2 is 1.70 bits per heavy atom. The summed E-state index contributed by atoms with van der Waals surface area (Å²) in [4.78, 5) is 18.2. The Balaban J connectivity index is 1.90. The maximum atomic E-state index is 14.4. The van der Waals surface area contributed by atoms with Crippen molar-refractivity contribution in [2.75, 3.05) is 7.11 Å². The van der Waals surface area contributed by atoms with Gasteiger partial charge in [0.05, 0.1) is 23.1 Å². The van der Waals surface area contributed by atoms with Crippen molar-refractivity contribution in [1.29, 1.82) is 0 Å². The second kappa shape index (κ2) is 7.51. The second-order valence-corrected chi connectivity index (χ2v) is 6.51. The number of H-pyrrole nitrogens is 1. The van der Waals surface area contributed by atoms with E-state index in [0.717, 1.165) is 12.1 Å². The number of rotatable bonds is 5. The smallest absolute Gasteiger partial charge is 0.300 e. The monoisotopic (exact) mass is 413 g/mol. The SMILES string of the molecule is COc1cccc(F)c1-c1nc2c([N+](=O)[O-])c(Cc3c(F)cccc3F)ccc2[nH]1. The van der Waals surface area contributed by atoms with Gasteiger partial charge in [0.2, 0.25) is 0 Å². The van der Waals surface area contributed by atoms with E-state index in [1.54, 1.807) is 0 Å².